The Morgan fingerprint density at radius 2 is 1.33 bits per heavy atom. The second-order valence-electron chi connectivity index (χ2n) is 10.1. The van der Waals surface area contributed by atoms with Crippen molar-refractivity contribution in [2.45, 2.75) is 25.9 Å². The van der Waals surface area contributed by atoms with Crippen molar-refractivity contribution in [2.75, 3.05) is 55.7 Å². The SMILES string of the molecule is COc1ccc(CN(CCc2ccc(OC)c(OC)c2)Cc2nc(C(=O)NCCc3ccc(OC)c(OC)c3)cs2)c(OC)c1. The lowest BCUT2D eigenvalue weighted by molar-refractivity contribution is 0.0949. The fourth-order valence-corrected chi connectivity index (χ4v) is 5.70. The Morgan fingerprint density at radius 1 is 0.711 bits per heavy atom. The monoisotopic (exact) mass is 635 g/mol. The highest BCUT2D eigenvalue weighted by Gasteiger charge is 2.17. The van der Waals surface area contributed by atoms with Gasteiger partial charge in [-0.2, -0.15) is 0 Å². The third kappa shape index (κ3) is 9.02. The topological polar surface area (TPSA) is 101 Å². The summed E-state index contributed by atoms with van der Waals surface area (Å²) in [5, 5.41) is 5.64. The van der Waals surface area contributed by atoms with Crippen molar-refractivity contribution in [3.8, 4) is 34.5 Å². The molecule has 0 saturated carbocycles. The Bertz CT molecular complexity index is 1560. The van der Waals surface area contributed by atoms with Crippen molar-refractivity contribution >= 4 is 17.2 Å². The van der Waals surface area contributed by atoms with Crippen LogP contribution in [0.1, 0.15) is 32.2 Å². The molecule has 1 heterocycles. The van der Waals surface area contributed by atoms with Crippen molar-refractivity contribution in [3.63, 3.8) is 0 Å². The lowest BCUT2D eigenvalue weighted by Gasteiger charge is -2.23. The van der Waals surface area contributed by atoms with E-state index in [9.17, 15) is 4.79 Å². The molecule has 0 fully saturated rings. The van der Waals surface area contributed by atoms with Crippen LogP contribution in [0.5, 0.6) is 34.5 Å². The molecule has 1 N–H and O–H groups in total. The van der Waals surface area contributed by atoms with Gasteiger partial charge < -0.3 is 33.7 Å². The van der Waals surface area contributed by atoms with Gasteiger partial charge in [-0.15, -0.1) is 11.3 Å². The molecular formula is C34H41N3O7S. The van der Waals surface area contributed by atoms with Crippen LogP contribution in [0.4, 0.5) is 0 Å². The standard InChI is InChI=1S/C34H41N3O7S/c1-39-26-10-9-25(30(19-26)42-4)20-37(16-14-24-8-12-29(41-3)32(18-24)44-6)21-33-36-27(22-45-33)34(38)35-15-13-23-7-11-28(40-2)31(17-23)43-5/h7-12,17-19,22H,13-16,20-21H2,1-6H3,(H,35,38). The van der Waals surface area contributed by atoms with Crippen LogP contribution in [0, 0.1) is 0 Å². The average Bonchev–Trinajstić information content (AvgIpc) is 3.55. The summed E-state index contributed by atoms with van der Waals surface area (Å²) in [6.45, 7) is 2.38. The first-order chi connectivity index (χ1) is 21.9. The van der Waals surface area contributed by atoms with Gasteiger partial charge in [0.1, 0.15) is 22.2 Å². The first-order valence-corrected chi connectivity index (χ1v) is 15.4. The van der Waals surface area contributed by atoms with E-state index >= 15 is 0 Å². The highest BCUT2D eigenvalue weighted by molar-refractivity contribution is 7.09. The molecule has 3 aromatic carbocycles. The van der Waals surface area contributed by atoms with Crippen molar-refractivity contribution in [2.24, 2.45) is 0 Å². The number of benzene rings is 3. The van der Waals surface area contributed by atoms with Crippen LogP contribution >= 0.6 is 11.3 Å². The largest absolute Gasteiger partial charge is 0.497 e. The Balaban J connectivity index is 1.43. The van der Waals surface area contributed by atoms with E-state index in [4.69, 9.17) is 28.4 Å². The molecule has 0 aliphatic carbocycles. The summed E-state index contributed by atoms with van der Waals surface area (Å²) in [6.07, 6.45) is 1.42. The Hall–Kier alpha value is -4.48. The van der Waals surface area contributed by atoms with Crippen LogP contribution in [0.15, 0.2) is 60.0 Å². The highest BCUT2D eigenvalue weighted by Crippen LogP contribution is 2.30. The number of thiazole rings is 1. The number of ether oxygens (including phenoxy) is 6. The van der Waals surface area contributed by atoms with E-state index in [2.05, 4.69) is 15.2 Å². The van der Waals surface area contributed by atoms with Crippen LogP contribution in [0.25, 0.3) is 0 Å². The van der Waals surface area contributed by atoms with E-state index in [-0.39, 0.29) is 5.91 Å². The fraction of sp³-hybridized carbons (Fsp3) is 0.353. The number of hydrogen-bond acceptors (Lipinski definition) is 10. The predicted molar refractivity (Wildman–Crippen MR) is 175 cm³/mol. The molecule has 11 heteroatoms. The number of nitrogens with zero attached hydrogens (tertiary/aromatic N) is 2. The Morgan fingerprint density at radius 3 is 1.93 bits per heavy atom. The number of aromatic nitrogens is 1. The molecule has 0 unspecified atom stereocenters. The number of hydrogen-bond donors (Lipinski definition) is 1. The van der Waals surface area contributed by atoms with Crippen LogP contribution < -0.4 is 33.7 Å². The van der Waals surface area contributed by atoms with Crippen molar-refractivity contribution in [1.29, 1.82) is 0 Å². The Labute approximate surface area is 268 Å². The molecule has 45 heavy (non-hydrogen) atoms. The number of nitrogens with one attached hydrogen (secondary N) is 1. The number of methoxy groups -OCH3 is 6. The van der Waals surface area contributed by atoms with Crippen LogP contribution in [-0.2, 0) is 25.9 Å². The normalized spacial score (nSPS) is 10.8. The van der Waals surface area contributed by atoms with E-state index < -0.39 is 0 Å². The van der Waals surface area contributed by atoms with Gasteiger partial charge in [0.15, 0.2) is 23.0 Å². The van der Waals surface area contributed by atoms with Gasteiger partial charge in [-0.25, -0.2) is 4.98 Å². The van der Waals surface area contributed by atoms with Gasteiger partial charge >= 0.3 is 0 Å². The third-order valence-corrected chi connectivity index (χ3v) is 8.18. The van der Waals surface area contributed by atoms with E-state index in [0.717, 1.165) is 46.2 Å². The molecule has 10 nitrogen and oxygen atoms in total. The summed E-state index contributed by atoms with van der Waals surface area (Å²) in [5.74, 6) is 4.00. The quantitative estimate of drug-likeness (QED) is 0.163. The van der Waals surface area contributed by atoms with Crippen molar-refractivity contribution in [3.05, 3.63) is 87.4 Å². The second-order valence-corrected chi connectivity index (χ2v) is 11.1. The number of amides is 1. The summed E-state index contributed by atoms with van der Waals surface area (Å²) in [7, 11) is 9.76. The lowest BCUT2D eigenvalue weighted by atomic mass is 10.1. The van der Waals surface area contributed by atoms with Gasteiger partial charge in [-0.1, -0.05) is 18.2 Å². The molecule has 4 aromatic rings. The van der Waals surface area contributed by atoms with Crippen molar-refractivity contribution < 1.29 is 33.2 Å². The minimum Gasteiger partial charge on any atom is -0.497 e. The van der Waals surface area contributed by atoms with Gasteiger partial charge in [0.2, 0.25) is 0 Å². The molecule has 1 aromatic heterocycles. The molecule has 0 bridgehead atoms. The van der Waals surface area contributed by atoms with Crippen LogP contribution in [-0.4, -0.2) is 71.5 Å². The molecule has 0 aliphatic heterocycles. The molecule has 0 radical (unpaired) electrons. The summed E-state index contributed by atoms with van der Waals surface area (Å²) < 4.78 is 32.6. The zero-order valence-electron chi connectivity index (χ0n) is 26.7. The van der Waals surface area contributed by atoms with E-state index in [1.165, 1.54) is 11.3 Å². The van der Waals surface area contributed by atoms with Gasteiger partial charge in [0.05, 0.1) is 49.2 Å². The molecule has 0 atom stereocenters. The van der Waals surface area contributed by atoms with Crippen LogP contribution in [0.3, 0.4) is 0 Å². The maximum Gasteiger partial charge on any atom is 0.270 e. The van der Waals surface area contributed by atoms with Gasteiger partial charge in [-0.3, -0.25) is 9.69 Å². The molecular weight excluding hydrogens is 594 g/mol. The smallest absolute Gasteiger partial charge is 0.270 e. The maximum atomic E-state index is 12.9. The maximum absolute atomic E-state index is 12.9. The van der Waals surface area contributed by atoms with E-state index in [1.807, 2.05) is 60.0 Å². The van der Waals surface area contributed by atoms with E-state index in [0.29, 0.717) is 54.7 Å². The number of rotatable bonds is 17. The molecule has 0 aliphatic rings. The van der Waals surface area contributed by atoms with E-state index in [1.54, 1.807) is 42.7 Å². The molecule has 4 rings (SSSR count). The number of carbonyl (C=O) groups is 1. The third-order valence-electron chi connectivity index (χ3n) is 7.34. The summed E-state index contributed by atoms with van der Waals surface area (Å²) in [5.41, 5.74) is 3.58. The molecule has 0 saturated heterocycles. The zero-order chi connectivity index (χ0) is 32.2. The molecule has 0 spiro atoms. The highest BCUT2D eigenvalue weighted by atomic mass is 32.1. The van der Waals surface area contributed by atoms with Crippen molar-refractivity contribution in [1.82, 2.24) is 15.2 Å². The predicted octanol–water partition coefficient (Wildman–Crippen LogP) is 5.41. The average molecular weight is 636 g/mol. The zero-order valence-corrected chi connectivity index (χ0v) is 27.5. The number of carbonyl (C=O) groups excluding carboxylic acids is 1. The minimum atomic E-state index is -0.202. The first-order valence-electron chi connectivity index (χ1n) is 14.5. The summed E-state index contributed by atoms with van der Waals surface area (Å²) >= 11 is 1.47. The molecule has 1 amide bonds. The van der Waals surface area contributed by atoms with Gasteiger partial charge in [-0.05, 0) is 54.3 Å². The second kappa shape index (κ2) is 16.6. The molecule has 240 valence electrons. The first kappa shape index (κ1) is 33.4. The van der Waals surface area contributed by atoms with Crippen LogP contribution in [0.2, 0.25) is 0 Å². The van der Waals surface area contributed by atoms with Gasteiger partial charge in [0, 0.05) is 36.6 Å². The summed E-state index contributed by atoms with van der Waals surface area (Å²) in [4.78, 5) is 19.9. The Kier molecular flexibility index (Phi) is 12.3. The summed E-state index contributed by atoms with van der Waals surface area (Å²) in [6, 6.07) is 17.5. The van der Waals surface area contributed by atoms with Gasteiger partial charge in [0.25, 0.3) is 5.91 Å². The fourth-order valence-electron chi connectivity index (χ4n) is 4.89. The lowest BCUT2D eigenvalue weighted by Crippen LogP contribution is -2.27. The minimum absolute atomic E-state index is 0.202.